The van der Waals surface area contributed by atoms with Crippen molar-refractivity contribution in [3.05, 3.63) is 46.0 Å². The third-order valence-electron chi connectivity index (χ3n) is 3.50. The van der Waals surface area contributed by atoms with Crippen molar-refractivity contribution < 1.29 is 4.74 Å². The summed E-state index contributed by atoms with van der Waals surface area (Å²) < 4.78 is 8.13. The van der Waals surface area contributed by atoms with Crippen LogP contribution in [0, 0.1) is 0 Å². The first kappa shape index (κ1) is 14.7. The molecular formula is C15H17Cl2N3O. The van der Waals surface area contributed by atoms with Crippen molar-refractivity contribution in [2.24, 2.45) is 0 Å². The van der Waals surface area contributed by atoms with Gasteiger partial charge in [-0.15, -0.1) is 0 Å². The van der Waals surface area contributed by atoms with Gasteiger partial charge in [-0.05, 0) is 32.0 Å². The van der Waals surface area contributed by atoms with E-state index in [0.29, 0.717) is 35.0 Å². The second-order valence-electron chi connectivity index (χ2n) is 5.22. The van der Waals surface area contributed by atoms with Crippen LogP contribution in [0.15, 0.2) is 24.7 Å². The molecule has 0 bridgehead atoms. The van der Waals surface area contributed by atoms with Crippen LogP contribution in [-0.4, -0.2) is 16.6 Å². The molecule has 0 saturated heterocycles. The Hall–Kier alpha value is -1.23. The first-order valence-electron chi connectivity index (χ1n) is 6.95. The van der Waals surface area contributed by atoms with E-state index in [-0.39, 0.29) is 0 Å². The van der Waals surface area contributed by atoms with E-state index in [4.69, 9.17) is 27.9 Å². The number of aromatic nitrogens is 2. The van der Waals surface area contributed by atoms with Crippen LogP contribution in [-0.2, 0) is 13.2 Å². The van der Waals surface area contributed by atoms with Gasteiger partial charge < -0.3 is 14.6 Å². The molecule has 1 saturated carbocycles. The third kappa shape index (κ3) is 3.34. The average molecular weight is 326 g/mol. The van der Waals surface area contributed by atoms with Crippen molar-refractivity contribution in [1.29, 1.82) is 0 Å². The van der Waals surface area contributed by atoms with Crippen LogP contribution in [0.1, 0.15) is 30.1 Å². The van der Waals surface area contributed by atoms with E-state index < -0.39 is 0 Å². The monoisotopic (exact) mass is 325 g/mol. The van der Waals surface area contributed by atoms with Gasteiger partial charge in [-0.2, -0.15) is 0 Å². The number of nitrogens with zero attached hydrogens (tertiary/aromatic N) is 2. The fourth-order valence-corrected chi connectivity index (χ4v) is 2.96. The van der Waals surface area contributed by atoms with Crippen molar-refractivity contribution in [3.8, 4) is 5.75 Å². The number of ether oxygens (including phenoxy) is 1. The highest BCUT2D eigenvalue weighted by molar-refractivity contribution is 6.35. The molecule has 1 aromatic heterocycles. The van der Waals surface area contributed by atoms with Crippen LogP contribution < -0.4 is 10.1 Å². The van der Waals surface area contributed by atoms with Crippen molar-refractivity contribution in [2.75, 3.05) is 7.05 Å². The molecule has 1 heterocycles. The maximum atomic E-state index is 6.27. The van der Waals surface area contributed by atoms with E-state index >= 15 is 0 Å². The molecule has 112 valence electrons. The minimum absolute atomic E-state index is 0.453. The number of imidazole rings is 1. The molecular weight excluding hydrogens is 309 g/mol. The van der Waals surface area contributed by atoms with Gasteiger partial charge in [0.05, 0.1) is 23.2 Å². The molecule has 1 aliphatic rings. The Morgan fingerprint density at radius 2 is 2.19 bits per heavy atom. The number of rotatable bonds is 6. The SMILES string of the molecule is CNCc1cc(Cl)cc(Cl)c1OCc1cncn1C1CC1. The van der Waals surface area contributed by atoms with E-state index in [2.05, 4.69) is 14.9 Å². The Morgan fingerprint density at radius 3 is 2.90 bits per heavy atom. The smallest absolute Gasteiger partial charge is 0.143 e. The molecule has 2 aromatic rings. The lowest BCUT2D eigenvalue weighted by molar-refractivity contribution is 0.291. The predicted molar refractivity (Wildman–Crippen MR) is 84.1 cm³/mol. The van der Waals surface area contributed by atoms with Crippen LogP contribution in [0.2, 0.25) is 10.0 Å². The van der Waals surface area contributed by atoms with E-state index in [1.54, 1.807) is 6.07 Å². The van der Waals surface area contributed by atoms with Crippen LogP contribution in [0.5, 0.6) is 5.75 Å². The number of nitrogens with one attached hydrogen (secondary N) is 1. The lowest BCUT2D eigenvalue weighted by Crippen LogP contribution is -2.09. The molecule has 0 atom stereocenters. The van der Waals surface area contributed by atoms with Crippen LogP contribution in [0.4, 0.5) is 0 Å². The van der Waals surface area contributed by atoms with Gasteiger partial charge in [0.1, 0.15) is 12.4 Å². The minimum Gasteiger partial charge on any atom is -0.485 e. The van der Waals surface area contributed by atoms with Crippen molar-refractivity contribution >= 4 is 23.2 Å². The third-order valence-corrected chi connectivity index (χ3v) is 4.00. The Kier molecular flexibility index (Phi) is 4.38. The van der Waals surface area contributed by atoms with Gasteiger partial charge >= 0.3 is 0 Å². The second-order valence-corrected chi connectivity index (χ2v) is 6.06. The van der Waals surface area contributed by atoms with Crippen LogP contribution >= 0.6 is 23.2 Å². The van der Waals surface area contributed by atoms with E-state index in [0.717, 1.165) is 11.3 Å². The van der Waals surface area contributed by atoms with Gasteiger partial charge in [-0.1, -0.05) is 23.2 Å². The zero-order chi connectivity index (χ0) is 14.8. The lowest BCUT2D eigenvalue weighted by Gasteiger charge is -2.14. The molecule has 1 N–H and O–H groups in total. The normalized spacial score (nSPS) is 14.4. The van der Waals surface area contributed by atoms with Crippen molar-refractivity contribution in [3.63, 3.8) is 0 Å². The summed E-state index contributed by atoms with van der Waals surface area (Å²) in [7, 11) is 1.88. The molecule has 0 spiro atoms. The first-order chi connectivity index (χ1) is 10.2. The van der Waals surface area contributed by atoms with E-state index in [1.165, 1.54) is 12.8 Å². The molecule has 3 rings (SSSR count). The van der Waals surface area contributed by atoms with Crippen molar-refractivity contribution in [2.45, 2.75) is 32.0 Å². The Labute approximate surface area is 134 Å². The number of hydrogen-bond donors (Lipinski definition) is 1. The fraction of sp³-hybridized carbons (Fsp3) is 0.400. The molecule has 21 heavy (non-hydrogen) atoms. The summed E-state index contributed by atoms with van der Waals surface area (Å²) in [5.74, 6) is 0.680. The van der Waals surface area contributed by atoms with Gasteiger partial charge in [0.15, 0.2) is 0 Å². The maximum absolute atomic E-state index is 6.27. The molecule has 1 aromatic carbocycles. The average Bonchev–Trinajstić information content (AvgIpc) is 3.17. The summed E-state index contributed by atoms with van der Waals surface area (Å²) >= 11 is 12.3. The lowest BCUT2D eigenvalue weighted by atomic mass is 10.2. The van der Waals surface area contributed by atoms with E-state index in [9.17, 15) is 0 Å². The summed E-state index contributed by atoms with van der Waals surface area (Å²) in [6.45, 7) is 1.10. The summed E-state index contributed by atoms with van der Waals surface area (Å²) in [5.41, 5.74) is 2.02. The number of halogens is 2. The maximum Gasteiger partial charge on any atom is 0.143 e. The van der Waals surface area contributed by atoms with Gasteiger partial charge in [-0.3, -0.25) is 0 Å². The van der Waals surface area contributed by atoms with Gasteiger partial charge in [0.2, 0.25) is 0 Å². The molecule has 0 unspecified atom stereocenters. The Balaban J connectivity index is 1.79. The molecule has 6 heteroatoms. The second kappa shape index (κ2) is 6.26. The Morgan fingerprint density at radius 1 is 1.38 bits per heavy atom. The fourth-order valence-electron chi connectivity index (χ4n) is 2.37. The zero-order valence-electron chi connectivity index (χ0n) is 11.8. The summed E-state index contributed by atoms with van der Waals surface area (Å²) in [6, 6.07) is 4.16. The quantitative estimate of drug-likeness (QED) is 0.877. The minimum atomic E-state index is 0.453. The zero-order valence-corrected chi connectivity index (χ0v) is 13.3. The molecule has 0 radical (unpaired) electrons. The Bertz CT molecular complexity index is 638. The van der Waals surface area contributed by atoms with Gasteiger partial charge in [0, 0.05) is 23.2 Å². The van der Waals surface area contributed by atoms with Gasteiger partial charge in [0.25, 0.3) is 0 Å². The summed E-state index contributed by atoms with van der Waals surface area (Å²) in [6.07, 6.45) is 6.15. The summed E-state index contributed by atoms with van der Waals surface area (Å²) in [5, 5.41) is 4.24. The molecule has 4 nitrogen and oxygen atoms in total. The highest BCUT2D eigenvalue weighted by atomic mass is 35.5. The standard InChI is InChI=1S/C15H17Cl2N3O/c1-18-6-10-4-11(16)5-14(17)15(10)21-8-13-7-19-9-20(13)12-2-3-12/h4-5,7,9,12,18H,2-3,6,8H2,1H3. The topological polar surface area (TPSA) is 39.1 Å². The van der Waals surface area contributed by atoms with Gasteiger partial charge in [-0.25, -0.2) is 4.98 Å². The highest BCUT2D eigenvalue weighted by Gasteiger charge is 2.25. The van der Waals surface area contributed by atoms with Crippen LogP contribution in [0.3, 0.4) is 0 Å². The highest BCUT2D eigenvalue weighted by Crippen LogP contribution is 2.37. The number of hydrogen-bond acceptors (Lipinski definition) is 3. The van der Waals surface area contributed by atoms with E-state index in [1.807, 2.05) is 25.6 Å². The largest absolute Gasteiger partial charge is 0.485 e. The molecule has 0 amide bonds. The molecule has 1 fully saturated rings. The van der Waals surface area contributed by atoms with Crippen molar-refractivity contribution in [1.82, 2.24) is 14.9 Å². The molecule has 0 aliphatic heterocycles. The summed E-state index contributed by atoms with van der Waals surface area (Å²) in [4.78, 5) is 4.21. The number of benzene rings is 1. The predicted octanol–water partition coefficient (Wildman–Crippen LogP) is 3.82. The van der Waals surface area contributed by atoms with Crippen LogP contribution in [0.25, 0.3) is 0 Å². The first-order valence-corrected chi connectivity index (χ1v) is 7.70. The molecule has 1 aliphatic carbocycles.